The summed E-state index contributed by atoms with van der Waals surface area (Å²) >= 11 is 3.37. The van der Waals surface area contributed by atoms with Crippen molar-refractivity contribution in [1.29, 1.82) is 5.26 Å². The Hall–Kier alpha value is -1.33. The normalized spacial score (nSPS) is 19.6. The van der Waals surface area contributed by atoms with Gasteiger partial charge in [-0.15, -0.1) is 0 Å². The molecule has 0 aromatic heterocycles. The van der Waals surface area contributed by atoms with E-state index in [4.69, 9.17) is 5.21 Å². The first-order chi connectivity index (χ1) is 8.65. The molecule has 0 bridgehead atoms. The largest absolute Gasteiger partial charge is 0.410 e. The summed E-state index contributed by atoms with van der Waals surface area (Å²) < 4.78 is 13.8. The molecular weight excluding hydrogens is 366 g/mol. The predicted molar refractivity (Wildman–Crippen MR) is 77.8 cm³/mol. The van der Waals surface area contributed by atoms with Gasteiger partial charge in [0.15, 0.2) is 0 Å². The molecule has 6 heteroatoms. The molecule has 0 fully saturated rings. The Bertz CT molecular complexity index is 614. The number of halogens is 2. The molecule has 0 aliphatic carbocycles. The van der Waals surface area contributed by atoms with Gasteiger partial charge in [0.05, 0.1) is 8.48 Å². The summed E-state index contributed by atoms with van der Waals surface area (Å²) in [5.74, 6) is -0.358. The van der Waals surface area contributed by atoms with Gasteiger partial charge in [-0.2, -0.15) is 5.26 Å². The van der Waals surface area contributed by atoms with Crippen LogP contribution in [0.3, 0.4) is 0 Å². The van der Waals surface area contributed by atoms with Gasteiger partial charge in [-0.1, -0.05) is 29.1 Å². The maximum absolute atomic E-state index is 12.9. The zero-order valence-electron chi connectivity index (χ0n) is 8.89. The molecule has 0 saturated heterocycles. The van der Waals surface area contributed by atoms with Crippen LogP contribution in [0.25, 0.3) is 5.57 Å². The molecule has 1 N–H and O–H groups in total. The van der Waals surface area contributed by atoms with E-state index in [0.717, 1.165) is 2.91 Å². The van der Waals surface area contributed by atoms with Crippen molar-refractivity contribution in [1.82, 2.24) is 0 Å². The van der Waals surface area contributed by atoms with Crippen LogP contribution in [0, 0.1) is 17.1 Å². The zero-order chi connectivity index (χ0) is 13.1. The minimum Gasteiger partial charge on any atom is -0.410 e. The molecule has 18 heavy (non-hydrogen) atoms. The Kier molecular flexibility index (Phi) is 4.04. The van der Waals surface area contributed by atoms with Crippen molar-refractivity contribution in [2.24, 2.45) is 5.16 Å². The summed E-state index contributed by atoms with van der Waals surface area (Å²) in [4.78, 5) is 0. The maximum atomic E-state index is 12.9. The number of hydrogen-bond donors (Lipinski definition) is 1. The fourth-order valence-corrected chi connectivity index (χ4v) is 3.11. The summed E-state index contributed by atoms with van der Waals surface area (Å²) in [6, 6.07) is 7.71. The Labute approximate surface area is 121 Å². The molecule has 2 rings (SSSR count). The van der Waals surface area contributed by atoms with Gasteiger partial charge in [-0.05, 0) is 46.4 Å². The molecule has 0 radical (unpaired) electrons. The van der Waals surface area contributed by atoms with Gasteiger partial charge in [0.25, 0.3) is 0 Å². The highest BCUT2D eigenvalue weighted by Gasteiger charge is 2.21. The number of allylic oxidation sites excluding steroid dienone is 2. The Morgan fingerprint density at radius 3 is 2.61 bits per heavy atom. The molecule has 1 aromatic rings. The number of rotatable bonds is 1. The number of oxime groups is 1. The molecular formula is C12H6FIN2OS. The van der Waals surface area contributed by atoms with Crippen molar-refractivity contribution in [3.05, 3.63) is 50.2 Å². The van der Waals surface area contributed by atoms with E-state index in [1.54, 1.807) is 6.08 Å². The van der Waals surface area contributed by atoms with Gasteiger partial charge in [-0.25, -0.2) is 4.39 Å². The predicted octanol–water partition coefficient (Wildman–Crippen LogP) is 3.91. The van der Waals surface area contributed by atoms with Crippen LogP contribution < -0.4 is 0 Å². The third-order valence-corrected chi connectivity index (χ3v) is 4.07. The first-order valence-corrected chi connectivity index (χ1v) is 6.73. The minimum absolute atomic E-state index is 0.358. The van der Waals surface area contributed by atoms with Crippen LogP contribution >= 0.6 is 34.4 Å². The van der Waals surface area contributed by atoms with Gasteiger partial charge in [0.2, 0.25) is 0 Å². The van der Waals surface area contributed by atoms with E-state index in [1.807, 2.05) is 0 Å². The maximum Gasteiger partial charge on any atom is 0.149 e. The summed E-state index contributed by atoms with van der Waals surface area (Å²) in [6.45, 7) is 0. The number of nitrogens with zero attached hydrogens (tertiary/aromatic N) is 2. The van der Waals surface area contributed by atoms with E-state index in [2.05, 4.69) is 33.8 Å². The molecule has 0 amide bonds. The molecule has 0 spiro atoms. The molecule has 0 unspecified atom stereocenters. The number of benzene rings is 1. The lowest BCUT2D eigenvalue weighted by atomic mass is 10.0. The van der Waals surface area contributed by atoms with Crippen LogP contribution in [-0.2, 0) is 0 Å². The van der Waals surface area contributed by atoms with Crippen LogP contribution in [0.2, 0.25) is 0 Å². The van der Waals surface area contributed by atoms with Crippen LogP contribution in [0.4, 0.5) is 4.39 Å². The summed E-state index contributed by atoms with van der Waals surface area (Å²) in [6.07, 6.45) is 1.77. The topological polar surface area (TPSA) is 56.4 Å². The lowest BCUT2D eigenvalue weighted by Gasteiger charge is -2.02. The quantitative estimate of drug-likeness (QED) is 0.352. The second kappa shape index (κ2) is 5.54. The summed E-state index contributed by atoms with van der Waals surface area (Å²) in [5, 5.41) is 21.7. The third kappa shape index (κ3) is 2.57. The Morgan fingerprint density at radius 2 is 2.06 bits per heavy atom. The third-order valence-electron chi connectivity index (χ3n) is 2.29. The first-order valence-electron chi connectivity index (χ1n) is 4.83. The molecule has 90 valence electrons. The molecule has 0 saturated carbocycles. The van der Waals surface area contributed by atoms with Crippen molar-refractivity contribution in [2.45, 2.75) is 0 Å². The van der Waals surface area contributed by atoms with Gasteiger partial charge in [-0.3, -0.25) is 0 Å². The van der Waals surface area contributed by atoms with Crippen LogP contribution in [0.5, 0.6) is 0 Å². The highest BCUT2D eigenvalue weighted by molar-refractivity contribution is 14.1. The van der Waals surface area contributed by atoms with Crippen molar-refractivity contribution in [3.8, 4) is 6.07 Å². The number of nitriles is 1. The van der Waals surface area contributed by atoms with Gasteiger partial charge in [0.1, 0.15) is 16.9 Å². The van der Waals surface area contributed by atoms with Crippen molar-refractivity contribution >= 4 is 45.0 Å². The Balaban J connectivity index is 2.58. The van der Waals surface area contributed by atoms with Crippen LogP contribution in [-0.4, -0.2) is 10.3 Å². The summed E-state index contributed by atoms with van der Waals surface area (Å²) in [5.41, 5.74) is 1.51. The van der Waals surface area contributed by atoms with E-state index >= 15 is 0 Å². The number of hydrogen-bond acceptors (Lipinski definition) is 4. The minimum atomic E-state index is -0.358. The number of thioether (sulfide) groups is 1. The van der Waals surface area contributed by atoms with Crippen molar-refractivity contribution in [2.75, 3.05) is 0 Å². The zero-order valence-corrected chi connectivity index (χ0v) is 11.9. The van der Waals surface area contributed by atoms with Gasteiger partial charge >= 0.3 is 0 Å². The molecule has 1 aromatic carbocycles. The van der Waals surface area contributed by atoms with E-state index in [-0.39, 0.29) is 5.82 Å². The average molecular weight is 372 g/mol. The smallest absolute Gasteiger partial charge is 0.149 e. The molecule has 1 aliphatic rings. The van der Waals surface area contributed by atoms with E-state index in [1.165, 1.54) is 36.0 Å². The molecule has 3 nitrogen and oxygen atoms in total. The monoisotopic (exact) mass is 372 g/mol. The fourth-order valence-electron chi connectivity index (χ4n) is 1.50. The molecule has 0 atom stereocenters. The van der Waals surface area contributed by atoms with Gasteiger partial charge in [0, 0.05) is 5.57 Å². The first kappa shape index (κ1) is 13.1. The standard InChI is InChI=1S/C12H6FIN2OS/c13-8-3-1-7(2-4-8)10(6-15)9-5-11(14)18-12(9)16-17/h1-5,17H/b10-9+,16-12+. The van der Waals surface area contributed by atoms with Crippen molar-refractivity contribution < 1.29 is 9.60 Å². The second-order valence-corrected chi connectivity index (χ2v) is 6.29. The van der Waals surface area contributed by atoms with Gasteiger partial charge < -0.3 is 5.21 Å². The highest BCUT2D eigenvalue weighted by Crippen LogP contribution is 2.39. The van der Waals surface area contributed by atoms with E-state index in [9.17, 15) is 9.65 Å². The highest BCUT2D eigenvalue weighted by atomic mass is 127. The lowest BCUT2D eigenvalue weighted by molar-refractivity contribution is 0.321. The van der Waals surface area contributed by atoms with E-state index < -0.39 is 0 Å². The average Bonchev–Trinajstić information content (AvgIpc) is 2.74. The van der Waals surface area contributed by atoms with E-state index in [0.29, 0.717) is 21.8 Å². The summed E-state index contributed by atoms with van der Waals surface area (Å²) in [7, 11) is 0. The van der Waals surface area contributed by atoms with Crippen LogP contribution in [0.15, 0.2) is 44.0 Å². The fraction of sp³-hybridized carbons (Fsp3) is 0. The Morgan fingerprint density at radius 1 is 1.39 bits per heavy atom. The molecule has 1 heterocycles. The van der Waals surface area contributed by atoms with Crippen LogP contribution in [0.1, 0.15) is 5.56 Å². The second-order valence-electron chi connectivity index (χ2n) is 3.36. The lowest BCUT2D eigenvalue weighted by Crippen LogP contribution is -1.95. The SMILES string of the molecule is N#C/C(=C1/C=C(I)S/C1=N/O)c1ccc(F)cc1. The molecule has 1 aliphatic heterocycles. The van der Waals surface area contributed by atoms with Crippen molar-refractivity contribution in [3.63, 3.8) is 0 Å².